The molecule has 0 amide bonds. The predicted octanol–water partition coefficient (Wildman–Crippen LogP) is 5.42. The molecule has 1 aliphatic rings. The zero-order chi connectivity index (χ0) is 15.5. The Bertz CT molecular complexity index is 488. The number of fused-ring (bicyclic) bond motifs is 1. The average molecular weight is 310 g/mol. The second-order valence-electron chi connectivity index (χ2n) is 6.46. The van der Waals surface area contributed by atoms with Crippen molar-refractivity contribution in [2.24, 2.45) is 0 Å². The summed E-state index contributed by atoms with van der Waals surface area (Å²) >= 11 is 6.32. The molecule has 2 atom stereocenters. The number of ether oxygens (including phenoxy) is 1. The summed E-state index contributed by atoms with van der Waals surface area (Å²) in [5, 5.41) is 4.54. The van der Waals surface area contributed by atoms with Gasteiger partial charge in [-0.15, -0.1) is 0 Å². The van der Waals surface area contributed by atoms with E-state index in [2.05, 4.69) is 38.2 Å². The minimum atomic E-state index is -0.0876. The molecule has 0 saturated carbocycles. The maximum atomic E-state index is 6.32. The van der Waals surface area contributed by atoms with Crippen molar-refractivity contribution in [1.82, 2.24) is 5.32 Å². The molecular weight excluding hydrogens is 282 g/mol. The van der Waals surface area contributed by atoms with Crippen LogP contribution in [0.2, 0.25) is 5.02 Å². The van der Waals surface area contributed by atoms with Crippen LogP contribution in [-0.2, 0) is 0 Å². The van der Waals surface area contributed by atoms with Gasteiger partial charge >= 0.3 is 0 Å². The Balaban J connectivity index is 2.21. The number of unbranched alkanes of at least 4 members (excludes halogenated alkanes) is 2. The highest BCUT2D eigenvalue weighted by atomic mass is 35.5. The fraction of sp³-hybridized carbons (Fsp3) is 0.667. The van der Waals surface area contributed by atoms with Gasteiger partial charge in [0.1, 0.15) is 11.4 Å². The van der Waals surface area contributed by atoms with E-state index < -0.39 is 0 Å². The molecule has 0 aliphatic carbocycles. The van der Waals surface area contributed by atoms with E-state index in [0.29, 0.717) is 6.04 Å². The van der Waals surface area contributed by atoms with Crippen LogP contribution < -0.4 is 10.1 Å². The van der Waals surface area contributed by atoms with Crippen LogP contribution in [0, 0.1) is 6.92 Å². The highest BCUT2D eigenvalue weighted by Gasteiger charge is 2.36. The molecule has 1 aromatic rings. The molecule has 3 heteroatoms. The zero-order valence-electron chi connectivity index (χ0n) is 13.8. The fourth-order valence-electron chi connectivity index (χ4n) is 2.93. The molecule has 1 aromatic carbocycles. The molecule has 2 unspecified atom stereocenters. The maximum absolute atomic E-state index is 6.32. The molecule has 1 heterocycles. The number of halogens is 1. The fourth-order valence-corrected chi connectivity index (χ4v) is 3.10. The Labute approximate surface area is 134 Å². The molecule has 21 heavy (non-hydrogen) atoms. The van der Waals surface area contributed by atoms with Crippen LogP contribution in [0.1, 0.15) is 70.0 Å². The summed E-state index contributed by atoms with van der Waals surface area (Å²) in [7, 11) is 0. The normalized spacial score (nSPS) is 24.5. The van der Waals surface area contributed by atoms with E-state index >= 15 is 0 Å². The minimum Gasteiger partial charge on any atom is -0.487 e. The standard InChI is InChI=1S/C18H28ClNO/c1-5-7-8-9-20-16-12-18(4,6-2)21-17-10-13(3)15(19)11-14(16)17/h10-11,16,20H,5-9,12H2,1-4H3. The largest absolute Gasteiger partial charge is 0.487 e. The quantitative estimate of drug-likeness (QED) is 0.708. The molecule has 0 fully saturated rings. The minimum absolute atomic E-state index is 0.0876. The molecular formula is C18H28ClNO. The van der Waals surface area contributed by atoms with Crippen molar-refractivity contribution in [3.63, 3.8) is 0 Å². The van der Waals surface area contributed by atoms with Crippen molar-refractivity contribution in [2.75, 3.05) is 6.54 Å². The Hall–Kier alpha value is -0.730. The molecule has 0 aromatic heterocycles. The van der Waals surface area contributed by atoms with E-state index in [1.165, 1.54) is 24.8 Å². The average Bonchev–Trinajstić information content (AvgIpc) is 2.45. The van der Waals surface area contributed by atoms with E-state index in [9.17, 15) is 0 Å². The summed E-state index contributed by atoms with van der Waals surface area (Å²) in [5.74, 6) is 1.00. The lowest BCUT2D eigenvalue weighted by Crippen LogP contribution is -2.41. The van der Waals surface area contributed by atoms with Crippen LogP contribution >= 0.6 is 11.6 Å². The maximum Gasteiger partial charge on any atom is 0.125 e. The Morgan fingerprint density at radius 2 is 2.10 bits per heavy atom. The van der Waals surface area contributed by atoms with E-state index in [0.717, 1.165) is 35.7 Å². The second kappa shape index (κ2) is 7.02. The lowest BCUT2D eigenvalue weighted by molar-refractivity contribution is 0.0442. The number of nitrogens with one attached hydrogen (secondary N) is 1. The summed E-state index contributed by atoms with van der Waals surface area (Å²) in [4.78, 5) is 0. The first kappa shape index (κ1) is 16.6. The van der Waals surface area contributed by atoms with Crippen LogP contribution in [0.25, 0.3) is 0 Å². The third-order valence-corrected chi connectivity index (χ3v) is 4.98. The van der Waals surface area contributed by atoms with Gasteiger partial charge in [-0.3, -0.25) is 0 Å². The first-order valence-corrected chi connectivity index (χ1v) is 8.59. The summed E-state index contributed by atoms with van der Waals surface area (Å²) in [5.41, 5.74) is 2.21. The molecule has 118 valence electrons. The van der Waals surface area contributed by atoms with E-state index in [-0.39, 0.29) is 5.60 Å². The van der Waals surface area contributed by atoms with Gasteiger partial charge in [0, 0.05) is 23.0 Å². The van der Waals surface area contributed by atoms with Crippen LogP contribution in [0.15, 0.2) is 12.1 Å². The van der Waals surface area contributed by atoms with Crippen LogP contribution in [0.3, 0.4) is 0 Å². The van der Waals surface area contributed by atoms with Crippen molar-refractivity contribution in [3.05, 3.63) is 28.3 Å². The number of benzene rings is 1. The van der Waals surface area contributed by atoms with E-state index in [4.69, 9.17) is 16.3 Å². The van der Waals surface area contributed by atoms with Crippen molar-refractivity contribution in [2.45, 2.75) is 71.4 Å². The Morgan fingerprint density at radius 3 is 2.76 bits per heavy atom. The third-order valence-electron chi connectivity index (χ3n) is 4.58. The van der Waals surface area contributed by atoms with Crippen LogP contribution in [-0.4, -0.2) is 12.1 Å². The van der Waals surface area contributed by atoms with Crippen molar-refractivity contribution >= 4 is 11.6 Å². The summed E-state index contributed by atoms with van der Waals surface area (Å²) in [6, 6.07) is 4.51. The SMILES string of the molecule is CCCCCNC1CC(C)(CC)Oc2cc(C)c(Cl)cc21. The molecule has 0 bridgehead atoms. The zero-order valence-corrected chi connectivity index (χ0v) is 14.5. The van der Waals surface area contributed by atoms with E-state index in [1.807, 2.05) is 6.92 Å². The van der Waals surface area contributed by atoms with E-state index in [1.54, 1.807) is 0 Å². The third kappa shape index (κ3) is 3.92. The van der Waals surface area contributed by atoms with Gasteiger partial charge in [0.2, 0.25) is 0 Å². The van der Waals surface area contributed by atoms with Gasteiger partial charge in [-0.2, -0.15) is 0 Å². The number of hydrogen-bond acceptors (Lipinski definition) is 2. The van der Waals surface area contributed by atoms with Gasteiger partial charge in [0.25, 0.3) is 0 Å². The summed E-state index contributed by atoms with van der Waals surface area (Å²) in [6.07, 6.45) is 5.78. The molecule has 0 radical (unpaired) electrons. The van der Waals surface area contributed by atoms with Crippen molar-refractivity contribution < 1.29 is 4.74 Å². The highest BCUT2D eigenvalue weighted by Crippen LogP contribution is 2.43. The molecule has 1 N–H and O–H groups in total. The molecule has 2 nitrogen and oxygen atoms in total. The number of aryl methyl sites for hydroxylation is 1. The summed E-state index contributed by atoms with van der Waals surface area (Å²) < 4.78 is 6.26. The summed E-state index contributed by atoms with van der Waals surface area (Å²) in [6.45, 7) is 9.74. The number of rotatable bonds is 6. The van der Waals surface area contributed by atoms with Crippen molar-refractivity contribution in [3.8, 4) is 5.75 Å². The van der Waals surface area contributed by atoms with Crippen LogP contribution in [0.5, 0.6) is 5.75 Å². The highest BCUT2D eigenvalue weighted by molar-refractivity contribution is 6.31. The second-order valence-corrected chi connectivity index (χ2v) is 6.87. The smallest absolute Gasteiger partial charge is 0.125 e. The lowest BCUT2D eigenvalue weighted by Gasteiger charge is -2.40. The van der Waals surface area contributed by atoms with Gasteiger partial charge in [-0.05, 0) is 50.9 Å². The first-order chi connectivity index (χ1) is 9.99. The number of hydrogen-bond donors (Lipinski definition) is 1. The lowest BCUT2D eigenvalue weighted by atomic mass is 9.86. The first-order valence-electron chi connectivity index (χ1n) is 8.21. The molecule has 0 spiro atoms. The topological polar surface area (TPSA) is 21.3 Å². The van der Waals surface area contributed by atoms with Gasteiger partial charge in [0.15, 0.2) is 0 Å². The van der Waals surface area contributed by atoms with Gasteiger partial charge in [0.05, 0.1) is 0 Å². The van der Waals surface area contributed by atoms with Crippen molar-refractivity contribution in [1.29, 1.82) is 0 Å². The monoisotopic (exact) mass is 309 g/mol. The predicted molar refractivity (Wildman–Crippen MR) is 90.4 cm³/mol. The molecule has 2 rings (SSSR count). The Morgan fingerprint density at radius 1 is 1.33 bits per heavy atom. The molecule has 1 aliphatic heterocycles. The van der Waals surface area contributed by atoms with Gasteiger partial charge in [-0.25, -0.2) is 0 Å². The van der Waals surface area contributed by atoms with Gasteiger partial charge in [-0.1, -0.05) is 38.3 Å². The van der Waals surface area contributed by atoms with Gasteiger partial charge < -0.3 is 10.1 Å². The molecule has 0 saturated heterocycles. The van der Waals surface area contributed by atoms with Crippen LogP contribution in [0.4, 0.5) is 0 Å². The Kier molecular flexibility index (Phi) is 5.56.